The number of amides is 1. The molecular weight excluding hydrogens is 416 g/mol. The van der Waals surface area contributed by atoms with E-state index in [1.165, 1.54) is 0 Å². The van der Waals surface area contributed by atoms with E-state index in [0.717, 1.165) is 10.9 Å². The number of carbonyl (C=O) groups excluding carboxylic acids is 1. The molecule has 1 aromatic carbocycles. The van der Waals surface area contributed by atoms with Crippen molar-refractivity contribution < 1.29 is 13.2 Å². The Bertz CT molecular complexity index is 1030. The largest absolute Gasteiger partial charge is 0.368 e. The van der Waals surface area contributed by atoms with Crippen LogP contribution in [0.15, 0.2) is 24.3 Å². The lowest BCUT2D eigenvalue weighted by Gasteiger charge is -2.34. The Balaban J connectivity index is 1.80. The molecule has 0 radical (unpaired) electrons. The molecule has 31 heavy (non-hydrogen) atoms. The number of fused-ring (bicyclic) bond motifs is 1. The van der Waals surface area contributed by atoms with Gasteiger partial charge in [-0.2, -0.15) is 4.31 Å². The number of carbonyl (C=O) groups is 1. The van der Waals surface area contributed by atoms with Gasteiger partial charge in [0.2, 0.25) is 15.9 Å². The maximum atomic E-state index is 12.4. The minimum atomic E-state index is -3.24. The second-order valence-corrected chi connectivity index (χ2v) is 11.0. The van der Waals surface area contributed by atoms with Gasteiger partial charge in [-0.15, -0.1) is 0 Å². The minimum absolute atomic E-state index is 0.00524. The standard InChI is InChI=1S/C21H32N6O3S/c1-14(2)19(20(22)28)25-21-16-7-5-6-8-17(16)23-18(24-21)13-26-9-11-27(12-10-26)31(29,30)15(3)4/h5-8,14-15,19H,9-13H2,1-4H3,(H2,22,28)(H,23,24,25)/t19-/m0/s1. The number of nitrogens with one attached hydrogen (secondary N) is 1. The molecule has 170 valence electrons. The van der Waals surface area contributed by atoms with Crippen molar-refractivity contribution in [2.75, 3.05) is 31.5 Å². The van der Waals surface area contributed by atoms with Gasteiger partial charge in [-0.1, -0.05) is 26.0 Å². The van der Waals surface area contributed by atoms with Crippen molar-refractivity contribution in [3.05, 3.63) is 30.1 Å². The molecule has 10 heteroatoms. The first-order valence-corrected chi connectivity index (χ1v) is 12.1. The smallest absolute Gasteiger partial charge is 0.240 e. The quantitative estimate of drug-likeness (QED) is 0.626. The van der Waals surface area contributed by atoms with Gasteiger partial charge in [0, 0.05) is 31.6 Å². The van der Waals surface area contributed by atoms with Crippen LogP contribution in [0.1, 0.15) is 33.5 Å². The van der Waals surface area contributed by atoms with E-state index in [1.807, 2.05) is 38.1 Å². The van der Waals surface area contributed by atoms with Crippen molar-refractivity contribution in [3.63, 3.8) is 0 Å². The third kappa shape index (κ3) is 5.31. The highest BCUT2D eigenvalue weighted by Gasteiger charge is 2.29. The van der Waals surface area contributed by atoms with Crippen LogP contribution < -0.4 is 11.1 Å². The van der Waals surface area contributed by atoms with Gasteiger partial charge in [0.1, 0.15) is 17.7 Å². The third-order valence-electron chi connectivity index (χ3n) is 5.57. The summed E-state index contributed by atoms with van der Waals surface area (Å²) >= 11 is 0. The SMILES string of the molecule is CC(C)[C@H](Nc1nc(CN2CCN(S(=O)(=O)C(C)C)CC2)nc2ccccc12)C(N)=O. The van der Waals surface area contributed by atoms with Gasteiger partial charge >= 0.3 is 0 Å². The number of para-hydroxylation sites is 1. The summed E-state index contributed by atoms with van der Waals surface area (Å²) in [7, 11) is -3.24. The number of anilines is 1. The Hall–Kier alpha value is -2.30. The first-order chi connectivity index (χ1) is 14.6. The summed E-state index contributed by atoms with van der Waals surface area (Å²) in [6.45, 7) is 9.90. The fourth-order valence-corrected chi connectivity index (χ4v) is 4.93. The van der Waals surface area contributed by atoms with Crippen molar-refractivity contribution in [3.8, 4) is 0 Å². The molecule has 9 nitrogen and oxygen atoms in total. The van der Waals surface area contributed by atoms with Crippen molar-refractivity contribution in [2.45, 2.75) is 45.5 Å². The molecule has 0 unspecified atom stereocenters. The van der Waals surface area contributed by atoms with Crippen LogP contribution in [0.25, 0.3) is 10.9 Å². The van der Waals surface area contributed by atoms with Crippen LogP contribution in [0, 0.1) is 5.92 Å². The average Bonchev–Trinajstić information content (AvgIpc) is 2.71. The van der Waals surface area contributed by atoms with E-state index in [0.29, 0.717) is 44.4 Å². The van der Waals surface area contributed by atoms with Gasteiger partial charge in [0.15, 0.2) is 0 Å². The Morgan fingerprint density at radius 2 is 1.74 bits per heavy atom. The lowest BCUT2D eigenvalue weighted by Crippen LogP contribution is -2.50. The first-order valence-electron chi connectivity index (χ1n) is 10.6. The minimum Gasteiger partial charge on any atom is -0.368 e. The summed E-state index contributed by atoms with van der Waals surface area (Å²) in [5.74, 6) is 0.778. The molecule has 0 aliphatic carbocycles. The van der Waals surface area contributed by atoms with E-state index in [4.69, 9.17) is 10.7 Å². The van der Waals surface area contributed by atoms with Gasteiger partial charge in [-0.3, -0.25) is 9.69 Å². The molecule has 1 saturated heterocycles. The first kappa shape index (κ1) is 23.4. The molecular formula is C21H32N6O3S. The molecule has 1 amide bonds. The van der Waals surface area contributed by atoms with E-state index in [9.17, 15) is 13.2 Å². The highest BCUT2D eigenvalue weighted by atomic mass is 32.2. The van der Waals surface area contributed by atoms with E-state index < -0.39 is 27.2 Å². The van der Waals surface area contributed by atoms with Gasteiger partial charge in [0.05, 0.1) is 17.3 Å². The number of primary amides is 1. The number of hydrogen-bond donors (Lipinski definition) is 2. The van der Waals surface area contributed by atoms with Crippen LogP contribution in [-0.2, 0) is 21.4 Å². The number of benzene rings is 1. The van der Waals surface area contributed by atoms with Crippen molar-refractivity contribution in [1.82, 2.24) is 19.2 Å². The lowest BCUT2D eigenvalue weighted by atomic mass is 10.0. The molecule has 1 atom stereocenters. The second-order valence-electron chi connectivity index (χ2n) is 8.54. The summed E-state index contributed by atoms with van der Waals surface area (Å²) in [4.78, 5) is 23.4. The predicted molar refractivity (Wildman–Crippen MR) is 122 cm³/mol. The molecule has 1 fully saturated rings. The summed E-state index contributed by atoms with van der Waals surface area (Å²) < 4.78 is 26.3. The number of nitrogens with zero attached hydrogens (tertiary/aromatic N) is 4. The molecule has 2 aromatic rings. The third-order valence-corrected chi connectivity index (χ3v) is 7.84. The highest BCUT2D eigenvalue weighted by Crippen LogP contribution is 2.23. The van der Waals surface area contributed by atoms with Crippen molar-refractivity contribution >= 4 is 32.7 Å². The molecule has 0 spiro atoms. The maximum absolute atomic E-state index is 12.4. The van der Waals surface area contributed by atoms with Gasteiger partial charge in [-0.05, 0) is 31.9 Å². The zero-order valence-electron chi connectivity index (χ0n) is 18.6. The Kier molecular flexibility index (Phi) is 7.13. The Morgan fingerprint density at radius 1 is 1.10 bits per heavy atom. The molecule has 1 aliphatic heterocycles. The van der Waals surface area contributed by atoms with E-state index >= 15 is 0 Å². The number of nitrogens with two attached hydrogens (primary N) is 1. The number of piperazine rings is 1. The molecule has 3 rings (SSSR count). The van der Waals surface area contributed by atoms with Crippen LogP contribution in [0.3, 0.4) is 0 Å². The molecule has 0 saturated carbocycles. The Morgan fingerprint density at radius 3 is 2.32 bits per heavy atom. The van der Waals surface area contributed by atoms with Crippen LogP contribution in [0.5, 0.6) is 0 Å². The van der Waals surface area contributed by atoms with Crippen molar-refractivity contribution in [1.29, 1.82) is 0 Å². The molecule has 3 N–H and O–H groups in total. The summed E-state index contributed by atoms with van der Waals surface area (Å²) in [6, 6.07) is 7.09. The Labute approximate surface area is 184 Å². The zero-order valence-corrected chi connectivity index (χ0v) is 19.4. The van der Waals surface area contributed by atoms with Crippen LogP contribution in [0.2, 0.25) is 0 Å². The number of hydrogen-bond acceptors (Lipinski definition) is 7. The monoisotopic (exact) mass is 448 g/mol. The molecule has 2 heterocycles. The predicted octanol–water partition coefficient (Wildman–Crippen LogP) is 1.41. The normalized spacial score (nSPS) is 17.4. The summed E-state index contributed by atoms with van der Waals surface area (Å²) in [5.41, 5.74) is 6.36. The van der Waals surface area contributed by atoms with Crippen LogP contribution in [-0.4, -0.2) is 71.0 Å². The molecule has 1 aliphatic rings. The van der Waals surface area contributed by atoms with E-state index in [-0.39, 0.29) is 5.92 Å². The fourth-order valence-electron chi connectivity index (χ4n) is 3.66. The second kappa shape index (κ2) is 9.46. The molecule has 1 aromatic heterocycles. The van der Waals surface area contributed by atoms with Gasteiger partial charge in [-0.25, -0.2) is 18.4 Å². The van der Waals surface area contributed by atoms with E-state index in [1.54, 1.807) is 18.2 Å². The highest BCUT2D eigenvalue weighted by molar-refractivity contribution is 7.89. The summed E-state index contributed by atoms with van der Waals surface area (Å²) in [6.07, 6.45) is 0. The van der Waals surface area contributed by atoms with E-state index in [2.05, 4.69) is 15.2 Å². The van der Waals surface area contributed by atoms with Gasteiger partial charge < -0.3 is 11.1 Å². The topological polar surface area (TPSA) is 122 Å². The molecule has 0 bridgehead atoms. The van der Waals surface area contributed by atoms with Crippen molar-refractivity contribution in [2.24, 2.45) is 11.7 Å². The zero-order chi connectivity index (χ0) is 22.8. The lowest BCUT2D eigenvalue weighted by molar-refractivity contribution is -0.119. The summed E-state index contributed by atoms with van der Waals surface area (Å²) in [5, 5.41) is 3.61. The fraction of sp³-hybridized carbons (Fsp3) is 0.571. The average molecular weight is 449 g/mol. The van der Waals surface area contributed by atoms with Crippen LogP contribution in [0.4, 0.5) is 5.82 Å². The van der Waals surface area contributed by atoms with Crippen LogP contribution >= 0.6 is 0 Å². The number of sulfonamides is 1. The van der Waals surface area contributed by atoms with Gasteiger partial charge in [0.25, 0.3) is 0 Å². The number of aromatic nitrogens is 2. The number of rotatable bonds is 8. The maximum Gasteiger partial charge on any atom is 0.240 e.